The first kappa shape index (κ1) is 8.27. The van der Waals surface area contributed by atoms with E-state index < -0.39 is 0 Å². The maximum atomic E-state index is 13.1. The van der Waals surface area contributed by atoms with Gasteiger partial charge in [-0.25, -0.2) is 4.39 Å². The van der Waals surface area contributed by atoms with E-state index in [0.29, 0.717) is 15.4 Å². The van der Waals surface area contributed by atoms with Crippen LogP contribution in [-0.4, -0.2) is 4.98 Å². The van der Waals surface area contributed by atoms with Crippen LogP contribution < -0.4 is 0 Å². The van der Waals surface area contributed by atoms with Gasteiger partial charge in [-0.15, -0.1) is 0 Å². The van der Waals surface area contributed by atoms with Crippen LogP contribution in [0, 0.1) is 17.1 Å². The maximum absolute atomic E-state index is 13.1. The molecule has 0 aliphatic heterocycles. The zero-order chi connectivity index (χ0) is 9.42. The number of aromatic nitrogens is 1. The van der Waals surface area contributed by atoms with Crippen LogP contribution in [0.15, 0.2) is 22.8 Å². The topological polar surface area (TPSA) is 39.6 Å². The third-order valence-electron chi connectivity index (χ3n) is 1.84. The lowest BCUT2D eigenvalue weighted by atomic mass is 10.2. The number of aromatic amines is 1. The Balaban J connectivity index is 2.86. The summed E-state index contributed by atoms with van der Waals surface area (Å²) in [4.78, 5) is 2.89. The molecular formula is C9H4BrFN2. The van der Waals surface area contributed by atoms with Crippen LogP contribution in [0.4, 0.5) is 4.39 Å². The summed E-state index contributed by atoms with van der Waals surface area (Å²) >= 11 is 3.07. The third-order valence-corrected chi connectivity index (χ3v) is 2.45. The number of nitrogens with zero attached hydrogens (tertiary/aromatic N) is 1. The highest BCUT2D eigenvalue weighted by Crippen LogP contribution is 2.24. The van der Waals surface area contributed by atoms with E-state index in [4.69, 9.17) is 5.26 Å². The molecule has 1 N–H and O–H groups in total. The molecule has 64 valence electrons. The van der Waals surface area contributed by atoms with E-state index >= 15 is 0 Å². The number of halogens is 2. The minimum absolute atomic E-state index is 0.358. The summed E-state index contributed by atoms with van der Waals surface area (Å²) in [5.74, 6) is -0.358. The lowest BCUT2D eigenvalue weighted by molar-refractivity contribution is 0.623. The molecule has 0 spiro atoms. The van der Waals surface area contributed by atoms with Crippen LogP contribution in [0.5, 0.6) is 0 Å². The quantitative estimate of drug-likeness (QED) is 0.754. The Morgan fingerprint density at radius 2 is 2.23 bits per heavy atom. The molecule has 2 nitrogen and oxygen atoms in total. The Hall–Kier alpha value is -1.34. The van der Waals surface area contributed by atoms with Crippen LogP contribution in [0.3, 0.4) is 0 Å². The molecule has 0 amide bonds. The molecule has 0 aliphatic carbocycles. The minimum atomic E-state index is -0.358. The van der Waals surface area contributed by atoms with E-state index in [2.05, 4.69) is 20.9 Å². The predicted molar refractivity (Wildman–Crippen MR) is 50.7 cm³/mol. The fourth-order valence-electron chi connectivity index (χ4n) is 1.21. The molecule has 4 heteroatoms. The van der Waals surface area contributed by atoms with Crippen LogP contribution in [0.25, 0.3) is 10.9 Å². The average Bonchev–Trinajstić information content (AvgIpc) is 2.48. The number of nitrogens with one attached hydrogen (secondary N) is 1. The Morgan fingerprint density at radius 1 is 1.46 bits per heavy atom. The van der Waals surface area contributed by atoms with Crippen LogP contribution >= 0.6 is 15.9 Å². The molecule has 1 heterocycles. The van der Waals surface area contributed by atoms with Crippen molar-refractivity contribution in [1.82, 2.24) is 4.98 Å². The number of hydrogen-bond donors (Lipinski definition) is 1. The Morgan fingerprint density at radius 3 is 2.92 bits per heavy atom. The molecule has 0 aliphatic rings. The second-order valence-electron chi connectivity index (χ2n) is 2.63. The van der Waals surface area contributed by atoms with E-state index in [1.165, 1.54) is 6.07 Å². The summed E-state index contributed by atoms with van der Waals surface area (Å²) in [6.45, 7) is 0. The fourth-order valence-corrected chi connectivity index (χ4v) is 1.55. The van der Waals surface area contributed by atoms with Gasteiger partial charge in [0.1, 0.15) is 11.9 Å². The second kappa shape index (κ2) is 2.86. The highest BCUT2D eigenvalue weighted by Gasteiger charge is 2.06. The molecule has 2 rings (SSSR count). The number of fused-ring (bicyclic) bond motifs is 1. The van der Waals surface area contributed by atoms with Gasteiger partial charge in [0.25, 0.3) is 0 Å². The van der Waals surface area contributed by atoms with Crippen molar-refractivity contribution in [1.29, 1.82) is 5.26 Å². The van der Waals surface area contributed by atoms with Crippen molar-refractivity contribution in [3.05, 3.63) is 34.2 Å². The van der Waals surface area contributed by atoms with Gasteiger partial charge in [0.15, 0.2) is 0 Å². The zero-order valence-electron chi connectivity index (χ0n) is 6.44. The van der Waals surface area contributed by atoms with Gasteiger partial charge in [0, 0.05) is 17.1 Å². The highest BCUT2D eigenvalue weighted by molar-refractivity contribution is 9.10. The Bertz CT molecular complexity index is 510. The number of nitriles is 1. The maximum Gasteiger partial charge on any atom is 0.138 e. The van der Waals surface area contributed by atoms with E-state index in [1.54, 1.807) is 12.3 Å². The Labute approximate surface area is 82.1 Å². The first-order valence-corrected chi connectivity index (χ1v) is 4.38. The number of benzene rings is 1. The molecular weight excluding hydrogens is 235 g/mol. The van der Waals surface area contributed by atoms with Gasteiger partial charge < -0.3 is 4.98 Å². The zero-order valence-corrected chi connectivity index (χ0v) is 8.02. The van der Waals surface area contributed by atoms with Crippen molar-refractivity contribution in [3.63, 3.8) is 0 Å². The molecule has 1 aromatic carbocycles. The van der Waals surface area contributed by atoms with E-state index in [1.807, 2.05) is 6.07 Å². The number of rotatable bonds is 0. The second-order valence-corrected chi connectivity index (χ2v) is 3.48. The minimum Gasteiger partial charge on any atom is -0.360 e. The van der Waals surface area contributed by atoms with E-state index in [0.717, 1.165) is 5.52 Å². The normalized spacial score (nSPS) is 10.2. The van der Waals surface area contributed by atoms with Gasteiger partial charge in [0.2, 0.25) is 0 Å². The first-order chi connectivity index (χ1) is 6.22. The summed E-state index contributed by atoms with van der Waals surface area (Å²) in [5.41, 5.74) is 1.21. The van der Waals surface area contributed by atoms with Crippen LogP contribution in [0.1, 0.15) is 5.56 Å². The smallest absolute Gasteiger partial charge is 0.138 e. The fraction of sp³-hybridized carbons (Fsp3) is 0. The SMILES string of the molecule is N#Cc1c[nH]c2cc(Br)c(F)cc12. The van der Waals surface area contributed by atoms with Crippen molar-refractivity contribution in [2.24, 2.45) is 0 Å². The first-order valence-electron chi connectivity index (χ1n) is 3.58. The molecule has 1 aromatic heterocycles. The number of H-pyrrole nitrogens is 1. The van der Waals surface area contributed by atoms with E-state index in [-0.39, 0.29) is 5.82 Å². The van der Waals surface area contributed by atoms with Crippen molar-refractivity contribution in [2.45, 2.75) is 0 Å². The number of hydrogen-bond acceptors (Lipinski definition) is 1. The molecule has 0 saturated carbocycles. The van der Waals surface area contributed by atoms with Gasteiger partial charge in [-0.2, -0.15) is 5.26 Å². The average molecular weight is 239 g/mol. The Kier molecular flexibility index (Phi) is 1.82. The summed E-state index contributed by atoms with van der Waals surface area (Å²) in [6, 6.07) is 4.94. The van der Waals surface area contributed by atoms with Gasteiger partial charge in [-0.05, 0) is 28.1 Å². The van der Waals surface area contributed by atoms with Crippen molar-refractivity contribution in [3.8, 4) is 6.07 Å². The molecule has 0 fully saturated rings. The van der Waals surface area contributed by atoms with Crippen molar-refractivity contribution in [2.75, 3.05) is 0 Å². The van der Waals surface area contributed by atoms with Crippen LogP contribution in [0.2, 0.25) is 0 Å². The largest absolute Gasteiger partial charge is 0.360 e. The van der Waals surface area contributed by atoms with Gasteiger partial charge in [-0.1, -0.05) is 0 Å². The van der Waals surface area contributed by atoms with Gasteiger partial charge in [-0.3, -0.25) is 0 Å². The van der Waals surface area contributed by atoms with Gasteiger partial charge >= 0.3 is 0 Å². The molecule has 0 unspecified atom stereocenters. The summed E-state index contributed by atoms with van der Waals surface area (Å²) in [7, 11) is 0. The van der Waals surface area contributed by atoms with Crippen LogP contribution in [-0.2, 0) is 0 Å². The molecule has 0 radical (unpaired) electrons. The lowest BCUT2D eigenvalue weighted by Crippen LogP contribution is -1.78. The van der Waals surface area contributed by atoms with Crippen molar-refractivity contribution >= 4 is 26.8 Å². The van der Waals surface area contributed by atoms with Gasteiger partial charge in [0.05, 0.1) is 10.0 Å². The van der Waals surface area contributed by atoms with E-state index in [9.17, 15) is 4.39 Å². The van der Waals surface area contributed by atoms with Crippen molar-refractivity contribution < 1.29 is 4.39 Å². The molecule has 2 aromatic rings. The summed E-state index contributed by atoms with van der Waals surface area (Å²) < 4.78 is 13.5. The molecule has 0 bridgehead atoms. The predicted octanol–water partition coefficient (Wildman–Crippen LogP) is 2.94. The standard InChI is InChI=1S/C9H4BrFN2/c10-7-2-9-6(1-8(7)11)5(3-12)4-13-9/h1-2,4,13H. The molecule has 13 heavy (non-hydrogen) atoms. The summed E-state index contributed by atoms with van der Waals surface area (Å²) in [5, 5.41) is 9.29. The molecule has 0 saturated heterocycles. The highest BCUT2D eigenvalue weighted by atomic mass is 79.9. The third kappa shape index (κ3) is 1.21. The molecule has 0 atom stereocenters. The summed E-state index contributed by atoms with van der Waals surface area (Å²) in [6.07, 6.45) is 1.57. The lowest BCUT2D eigenvalue weighted by Gasteiger charge is -1.94. The monoisotopic (exact) mass is 238 g/mol.